The van der Waals surface area contributed by atoms with Crippen molar-refractivity contribution in [2.45, 2.75) is 32.6 Å². The van der Waals surface area contributed by atoms with Crippen molar-refractivity contribution in [3.63, 3.8) is 0 Å². The van der Waals surface area contributed by atoms with Gasteiger partial charge >= 0.3 is 0 Å². The molecule has 2 heterocycles. The molecule has 1 aromatic heterocycles. The van der Waals surface area contributed by atoms with Gasteiger partial charge in [-0.3, -0.25) is 24.7 Å². The van der Waals surface area contributed by atoms with Gasteiger partial charge in [0.25, 0.3) is 11.6 Å². The Morgan fingerprint density at radius 2 is 2.07 bits per heavy atom. The highest BCUT2D eigenvalue weighted by molar-refractivity contribution is 6.10. The lowest BCUT2D eigenvalue weighted by atomic mass is 9.85. The zero-order valence-electron chi connectivity index (χ0n) is 15.2. The van der Waals surface area contributed by atoms with Crippen LogP contribution in [0.3, 0.4) is 0 Å². The SMILES string of the molecule is CCCN1C(=O)C(C)(C)c2cc(NC(=O)c3cnccn3)c([N+](=O)[O-])cc21. The normalized spacial score (nSPS) is 14.8. The largest absolute Gasteiger partial charge is 0.315 e. The molecular weight excluding hydrogens is 350 g/mol. The van der Waals surface area contributed by atoms with Crippen LogP contribution in [0.1, 0.15) is 43.2 Å². The maximum atomic E-state index is 12.8. The lowest BCUT2D eigenvalue weighted by Crippen LogP contribution is -2.36. The zero-order valence-corrected chi connectivity index (χ0v) is 15.2. The molecule has 0 saturated carbocycles. The van der Waals surface area contributed by atoms with E-state index in [1.165, 1.54) is 30.7 Å². The maximum Gasteiger partial charge on any atom is 0.294 e. The van der Waals surface area contributed by atoms with E-state index < -0.39 is 16.2 Å². The molecular formula is C18H19N5O4. The Morgan fingerprint density at radius 3 is 2.67 bits per heavy atom. The molecule has 0 fully saturated rings. The van der Waals surface area contributed by atoms with Crippen LogP contribution in [0.25, 0.3) is 0 Å². The molecule has 27 heavy (non-hydrogen) atoms. The van der Waals surface area contributed by atoms with Crippen molar-refractivity contribution < 1.29 is 14.5 Å². The van der Waals surface area contributed by atoms with Gasteiger partial charge in [0.2, 0.25) is 5.91 Å². The van der Waals surface area contributed by atoms with Crippen molar-refractivity contribution in [1.29, 1.82) is 0 Å². The zero-order chi connectivity index (χ0) is 19.8. The van der Waals surface area contributed by atoms with Gasteiger partial charge in [0.05, 0.1) is 22.2 Å². The summed E-state index contributed by atoms with van der Waals surface area (Å²) in [5.41, 5.74) is 0.0876. The van der Waals surface area contributed by atoms with Crippen molar-refractivity contribution in [3.05, 3.63) is 52.1 Å². The second kappa shape index (κ2) is 6.75. The van der Waals surface area contributed by atoms with Crippen molar-refractivity contribution in [2.24, 2.45) is 0 Å². The predicted molar refractivity (Wildman–Crippen MR) is 98.8 cm³/mol. The molecule has 2 amide bonds. The summed E-state index contributed by atoms with van der Waals surface area (Å²) in [7, 11) is 0. The number of nitrogens with one attached hydrogen (secondary N) is 1. The first-order valence-electron chi connectivity index (χ1n) is 8.49. The molecule has 0 unspecified atom stereocenters. The summed E-state index contributed by atoms with van der Waals surface area (Å²) >= 11 is 0. The summed E-state index contributed by atoms with van der Waals surface area (Å²) in [6.45, 7) is 5.94. The molecule has 1 aliphatic heterocycles. The molecule has 9 heteroatoms. The van der Waals surface area contributed by atoms with E-state index in [-0.39, 0.29) is 23.0 Å². The van der Waals surface area contributed by atoms with Crippen LogP contribution in [-0.2, 0) is 10.2 Å². The third-order valence-corrected chi connectivity index (χ3v) is 4.55. The number of hydrogen-bond donors (Lipinski definition) is 1. The standard InChI is InChI=1S/C18H19N5O4/c1-4-7-22-14-9-15(23(26)27)12(8-11(14)18(2,3)17(22)25)21-16(24)13-10-19-5-6-20-13/h5-6,8-10H,4,7H2,1-3H3,(H,21,24). The minimum Gasteiger partial charge on any atom is -0.315 e. The molecule has 0 aliphatic carbocycles. The van der Waals surface area contributed by atoms with Crippen molar-refractivity contribution in [1.82, 2.24) is 9.97 Å². The number of fused-ring (bicyclic) bond motifs is 1. The van der Waals surface area contributed by atoms with Crippen LogP contribution in [0.4, 0.5) is 17.1 Å². The van der Waals surface area contributed by atoms with E-state index in [2.05, 4.69) is 15.3 Å². The molecule has 9 nitrogen and oxygen atoms in total. The van der Waals surface area contributed by atoms with E-state index in [0.717, 1.165) is 6.42 Å². The molecule has 0 atom stereocenters. The van der Waals surface area contributed by atoms with Gasteiger partial charge in [0.15, 0.2) is 0 Å². The molecule has 0 bridgehead atoms. The van der Waals surface area contributed by atoms with E-state index in [1.54, 1.807) is 18.7 Å². The van der Waals surface area contributed by atoms with Crippen LogP contribution in [0.5, 0.6) is 0 Å². The second-order valence-corrected chi connectivity index (χ2v) is 6.77. The molecule has 2 aromatic rings. The number of carbonyl (C=O) groups is 2. The highest BCUT2D eigenvalue weighted by Crippen LogP contribution is 2.46. The Balaban J connectivity index is 2.08. The summed E-state index contributed by atoms with van der Waals surface area (Å²) in [6, 6.07) is 2.86. The number of aromatic nitrogens is 2. The Kier molecular flexibility index (Phi) is 4.61. The summed E-state index contributed by atoms with van der Waals surface area (Å²) in [4.78, 5) is 45.4. The highest BCUT2D eigenvalue weighted by Gasteiger charge is 2.45. The minimum atomic E-state index is -0.842. The van der Waals surface area contributed by atoms with E-state index >= 15 is 0 Å². The molecule has 0 saturated heterocycles. The average molecular weight is 369 g/mol. The Labute approximate surface area is 155 Å². The number of anilines is 2. The molecule has 140 valence electrons. The lowest BCUT2D eigenvalue weighted by molar-refractivity contribution is -0.383. The van der Waals surface area contributed by atoms with Gasteiger partial charge in [0.1, 0.15) is 11.4 Å². The molecule has 3 rings (SSSR count). The van der Waals surface area contributed by atoms with Crippen LogP contribution in [0.15, 0.2) is 30.7 Å². The van der Waals surface area contributed by atoms with E-state index in [1.807, 2.05) is 6.92 Å². The molecule has 1 N–H and O–H groups in total. The second-order valence-electron chi connectivity index (χ2n) is 6.77. The fraction of sp³-hybridized carbons (Fsp3) is 0.333. The Morgan fingerprint density at radius 1 is 1.33 bits per heavy atom. The smallest absolute Gasteiger partial charge is 0.294 e. The first-order chi connectivity index (χ1) is 12.8. The van der Waals surface area contributed by atoms with Gasteiger partial charge in [-0.25, -0.2) is 4.98 Å². The van der Waals surface area contributed by atoms with Gasteiger partial charge < -0.3 is 10.2 Å². The van der Waals surface area contributed by atoms with E-state index in [9.17, 15) is 19.7 Å². The van der Waals surface area contributed by atoms with Gasteiger partial charge in [-0.1, -0.05) is 6.92 Å². The van der Waals surface area contributed by atoms with Gasteiger partial charge in [-0.15, -0.1) is 0 Å². The predicted octanol–water partition coefficient (Wildman–Crippen LogP) is 2.67. The third kappa shape index (κ3) is 3.12. The van der Waals surface area contributed by atoms with Crippen LogP contribution in [-0.4, -0.2) is 33.3 Å². The summed E-state index contributed by atoms with van der Waals surface area (Å²) in [5, 5.41) is 14.1. The van der Waals surface area contributed by atoms with E-state index in [4.69, 9.17) is 0 Å². The van der Waals surface area contributed by atoms with Crippen molar-refractivity contribution >= 4 is 28.9 Å². The van der Waals surface area contributed by atoms with Gasteiger partial charge in [-0.2, -0.15) is 0 Å². The fourth-order valence-corrected chi connectivity index (χ4v) is 3.16. The minimum absolute atomic E-state index is 0.0219. The summed E-state index contributed by atoms with van der Waals surface area (Å²) in [5.74, 6) is -0.732. The van der Waals surface area contributed by atoms with E-state index in [0.29, 0.717) is 17.8 Å². The first-order valence-corrected chi connectivity index (χ1v) is 8.49. The number of hydrogen-bond acceptors (Lipinski definition) is 6. The number of nitrogens with zero attached hydrogens (tertiary/aromatic N) is 4. The highest BCUT2D eigenvalue weighted by atomic mass is 16.6. The number of carbonyl (C=O) groups excluding carboxylic acids is 2. The molecule has 1 aromatic carbocycles. The first kappa shape index (κ1) is 18.4. The third-order valence-electron chi connectivity index (χ3n) is 4.55. The lowest BCUT2D eigenvalue weighted by Gasteiger charge is -2.19. The number of nitro benzene ring substituents is 1. The van der Waals surface area contributed by atoms with Crippen LogP contribution >= 0.6 is 0 Å². The topological polar surface area (TPSA) is 118 Å². The number of nitro groups is 1. The van der Waals surface area contributed by atoms with Gasteiger partial charge in [-0.05, 0) is 31.9 Å². The Bertz CT molecular complexity index is 927. The molecule has 0 spiro atoms. The Hall–Kier alpha value is -3.36. The maximum absolute atomic E-state index is 12.8. The fourth-order valence-electron chi connectivity index (χ4n) is 3.16. The van der Waals surface area contributed by atoms with Gasteiger partial charge in [0, 0.05) is 25.0 Å². The van der Waals surface area contributed by atoms with Crippen LogP contribution < -0.4 is 10.2 Å². The number of benzene rings is 1. The monoisotopic (exact) mass is 369 g/mol. The van der Waals surface area contributed by atoms with Crippen molar-refractivity contribution in [2.75, 3.05) is 16.8 Å². The summed E-state index contributed by atoms with van der Waals surface area (Å²) < 4.78 is 0. The number of rotatable bonds is 5. The van der Waals surface area contributed by atoms with Crippen LogP contribution in [0, 0.1) is 10.1 Å². The van der Waals surface area contributed by atoms with Crippen LogP contribution in [0.2, 0.25) is 0 Å². The summed E-state index contributed by atoms with van der Waals surface area (Å²) in [6.07, 6.45) is 4.77. The number of amides is 2. The molecule has 1 aliphatic rings. The van der Waals surface area contributed by atoms with Crippen molar-refractivity contribution in [3.8, 4) is 0 Å². The quantitative estimate of drug-likeness (QED) is 0.639. The molecule has 0 radical (unpaired) electrons. The average Bonchev–Trinajstić information content (AvgIpc) is 2.82.